The summed E-state index contributed by atoms with van der Waals surface area (Å²) < 4.78 is 9.75. The van der Waals surface area contributed by atoms with E-state index in [-0.39, 0.29) is 24.7 Å². The molecule has 0 fully saturated rings. The van der Waals surface area contributed by atoms with Gasteiger partial charge in [0, 0.05) is 11.1 Å². The summed E-state index contributed by atoms with van der Waals surface area (Å²) in [6, 6.07) is 0. The first-order valence-electron chi connectivity index (χ1n) is 14.9. The van der Waals surface area contributed by atoms with Crippen LogP contribution in [0.3, 0.4) is 0 Å². The molecule has 1 atom stereocenters. The van der Waals surface area contributed by atoms with E-state index in [2.05, 4.69) is 30.1 Å². The lowest BCUT2D eigenvalue weighted by atomic mass is 10.0. The molecule has 8 heteroatoms. The number of hydrogen-bond donors (Lipinski definition) is 3. The lowest BCUT2D eigenvalue weighted by Gasteiger charge is -2.08. The topological polar surface area (TPSA) is 122 Å². The number of rotatable bonds is 24. The SMILES string of the molecule is C=C(C)C(=O)OCCCCCCCCCCCCCCCCCC.C=C(C)C(=O)OCCNC(=O)C(O)CO. The van der Waals surface area contributed by atoms with E-state index < -0.39 is 24.6 Å². The van der Waals surface area contributed by atoms with Crippen molar-refractivity contribution in [3.05, 3.63) is 24.3 Å². The Morgan fingerprint density at radius 1 is 0.667 bits per heavy atom. The number of amides is 1. The summed E-state index contributed by atoms with van der Waals surface area (Å²) in [7, 11) is 0. The van der Waals surface area contributed by atoms with Crippen molar-refractivity contribution in [2.24, 2.45) is 0 Å². The molecule has 0 radical (unpaired) electrons. The zero-order valence-corrected chi connectivity index (χ0v) is 25.1. The fourth-order valence-electron chi connectivity index (χ4n) is 3.58. The molecule has 0 saturated heterocycles. The van der Waals surface area contributed by atoms with Crippen molar-refractivity contribution in [3.63, 3.8) is 0 Å². The largest absolute Gasteiger partial charge is 0.462 e. The first-order chi connectivity index (χ1) is 18.7. The van der Waals surface area contributed by atoms with E-state index in [0.717, 1.165) is 6.42 Å². The van der Waals surface area contributed by atoms with Gasteiger partial charge in [0.1, 0.15) is 6.61 Å². The zero-order chi connectivity index (χ0) is 29.7. The highest BCUT2D eigenvalue weighted by molar-refractivity contribution is 5.87. The van der Waals surface area contributed by atoms with Crippen molar-refractivity contribution in [2.75, 3.05) is 26.4 Å². The molecule has 228 valence electrons. The Hall–Kier alpha value is -2.19. The van der Waals surface area contributed by atoms with E-state index in [1.807, 2.05) is 0 Å². The number of carbonyl (C=O) groups excluding carboxylic acids is 3. The van der Waals surface area contributed by atoms with Gasteiger partial charge in [-0.15, -0.1) is 0 Å². The molecular formula is C31H57NO7. The maximum absolute atomic E-state index is 11.2. The second-order valence-corrected chi connectivity index (χ2v) is 10.1. The van der Waals surface area contributed by atoms with Crippen LogP contribution in [0.15, 0.2) is 24.3 Å². The molecule has 3 N–H and O–H groups in total. The van der Waals surface area contributed by atoms with Crippen LogP contribution in [-0.4, -0.2) is 60.5 Å². The van der Waals surface area contributed by atoms with Crippen molar-refractivity contribution in [1.29, 1.82) is 0 Å². The van der Waals surface area contributed by atoms with Crippen molar-refractivity contribution < 1.29 is 34.1 Å². The summed E-state index contributed by atoms with van der Waals surface area (Å²) in [4.78, 5) is 32.9. The summed E-state index contributed by atoms with van der Waals surface area (Å²) in [5.41, 5.74) is 0.767. The quantitative estimate of drug-likeness (QED) is 0.0765. The van der Waals surface area contributed by atoms with Crippen molar-refractivity contribution in [1.82, 2.24) is 5.32 Å². The number of ether oxygens (including phenoxy) is 2. The number of nitrogens with one attached hydrogen (secondary N) is 1. The van der Waals surface area contributed by atoms with Crippen LogP contribution in [0.1, 0.15) is 124 Å². The Morgan fingerprint density at radius 2 is 1.03 bits per heavy atom. The summed E-state index contributed by atoms with van der Waals surface area (Å²) in [5, 5.41) is 19.5. The van der Waals surface area contributed by atoms with E-state index in [4.69, 9.17) is 14.9 Å². The molecule has 0 aliphatic rings. The van der Waals surface area contributed by atoms with E-state index in [1.54, 1.807) is 6.92 Å². The molecule has 0 rings (SSSR count). The van der Waals surface area contributed by atoms with Gasteiger partial charge >= 0.3 is 11.9 Å². The summed E-state index contributed by atoms with van der Waals surface area (Å²) in [5.74, 6) is -1.49. The van der Waals surface area contributed by atoms with E-state index >= 15 is 0 Å². The highest BCUT2D eigenvalue weighted by Gasteiger charge is 2.12. The van der Waals surface area contributed by atoms with Gasteiger partial charge in [-0.3, -0.25) is 4.79 Å². The lowest BCUT2D eigenvalue weighted by molar-refractivity contribution is -0.140. The van der Waals surface area contributed by atoms with Gasteiger partial charge in [-0.05, 0) is 20.3 Å². The molecule has 0 aromatic carbocycles. The van der Waals surface area contributed by atoms with Crippen molar-refractivity contribution in [3.8, 4) is 0 Å². The molecule has 0 aromatic heterocycles. The van der Waals surface area contributed by atoms with Crippen molar-refractivity contribution >= 4 is 17.8 Å². The Bertz CT molecular complexity index is 663. The predicted octanol–water partition coefficient (Wildman–Crippen LogP) is 5.94. The van der Waals surface area contributed by atoms with Crippen LogP contribution < -0.4 is 5.32 Å². The molecule has 0 aromatic rings. The van der Waals surface area contributed by atoms with E-state index in [9.17, 15) is 14.4 Å². The lowest BCUT2D eigenvalue weighted by Crippen LogP contribution is -2.38. The monoisotopic (exact) mass is 555 g/mol. The highest BCUT2D eigenvalue weighted by Crippen LogP contribution is 2.13. The van der Waals surface area contributed by atoms with Gasteiger partial charge in [0.25, 0.3) is 5.91 Å². The van der Waals surface area contributed by atoms with E-state index in [1.165, 1.54) is 103 Å². The van der Waals surface area contributed by atoms with Gasteiger partial charge < -0.3 is 25.0 Å². The van der Waals surface area contributed by atoms with Crippen LogP contribution >= 0.6 is 0 Å². The molecule has 8 nitrogen and oxygen atoms in total. The Balaban J connectivity index is 0. The average Bonchev–Trinajstić information content (AvgIpc) is 2.92. The fourth-order valence-corrected chi connectivity index (χ4v) is 3.58. The Kier molecular flexibility index (Phi) is 28.8. The Morgan fingerprint density at radius 3 is 1.38 bits per heavy atom. The van der Waals surface area contributed by atoms with Crippen molar-refractivity contribution in [2.45, 2.75) is 130 Å². The first kappa shape index (κ1) is 39.0. The van der Waals surface area contributed by atoms with Gasteiger partial charge in [0.05, 0.1) is 19.8 Å². The van der Waals surface area contributed by atoms with Gasteiger partial charge in [0.15, 0.2) is 6.10 Å². The highest BCUT2D eigenvalue weighted by atomic mass is 16.5. The van der Waals surface area contributed by atoms with Crippen LogP contribution in [0.5, 0.6) is 0 Å². The normalized spacial score (nSPS) is 11.1. The van der Waals surface area contributed by atoms with Gasteiger partial charge in [-0.1, -0.05) is 116 Å². The number of unbranched alkanes of at least 4 members (excludes halogenated alkanes) is 15. The third kappa shape index (κ3) is 28.6. The molecule has 1 amide bonds. The molecule has 1 unspecified atom stereocenters. The number of esters is 2. The van der Waals surface area contributed by atoms with Crippen LogP contribution in [0.2, 0.25) is 0 Å². The smallest absolute Gasteiger partial charge is 0.333 e. The molecule has 39 heavy (non-hydrogen) atoms. The minimum absolute atomic E-state index is 0.00438. The first-order valence-corrected chi connectivity index (χ1v) is 14.9. The third-order valence-corrected chi connectivity index (χ3v) is 6.04. The third-order valence-electron chi connectivity index (χ3n) is 6.04. The number of hydrogen-bond acceptors (Lipinski definition) is 7. The number of carbonyl (C=O) groups is 3. The summed E-state index contributed by atoms with van der Waals surface area (Å²) >= 11 is 0. The minimum Gasteiger partial charge on any atom is -0.462 e. The average molecular weight is 556 g/mol. The van der Waals surface area contributed by atoms with Crippen LogP contribution in [0.25, 0.3) is 0 Å². The maximum atomic E-state index is 11.2. The second kappa shape index (κ2) is 28.8. The molecule has 0 saturated carbocycles. The van der Waals surface area contributed by atoms with E-state index in [0.29, 0.717) is 12.2 Å². The minimum atomic E-state index is -1.44. The van der Waals surface area contributed by atoms with Gasteiger partial charge in [-0.2, -0.15) is 0 Å². The molecule has 0 bridgehead atoms. The molecular weight excluding hydrogens is 498 g/mol. The van der Waals surface area contributed by atoms with Crippen LogP contribution in [-0.2, 0) is 23.9 Å². The number of aliphatic hydroxyl groups is 2. The molecule has 0 aliphatic heterocycles. The predicted molar refractivity (Wildman–Crippen MR) is 157 cm³/mol. The zero-order valence-electron chi connectivity index (χ0n) is 25.1. The summed E-state index contributed by atoms with van der Waals surface area (Å²) in [6.07, 6.45) is 20.3. The Labute approximate surface area is 237 Å². The van der Waals surface area contributed by atoms with Crippen LogP contribution in [0.4, 0.5) is 0 Å². The van der Waals surface area contributed by atoms with Gasteiger partial charge in [0.2, 0.25) is 0 Å². The molecule has 0 spiro atoms. The summed E-state index contributed by atoms with van der Waals surface area (Å²) in [6.45, 7) is 12.4. The molecule has 0 heterocycles. The van der Waals surface area contributed by atoms with Gasteiger partial charge in [-0.25, -0.2) is 9.59 Å². The second-order valence-electron chi connectivity index (χ2n) is 10.1. The molecule has 0 aliphatic carbocycles. The van der Waals surface area contributed by atoms with Crippen LogP contribution in [0, 0.1) is 0 Å². The number of aliphatic hydroxyl groups excluding tert-OH is 2. The standard InChI is InChI=1S/C22H42O2.C9H15NO5/c1-4-5-6-7-8-9-10-11-12-13-14-15-16-17-18-19-20-24-22(23)21(2)3;1-6(2)9(14)15-4-3-10-8(13)7(12)5-11/h2,4-20H2,1,3H3;7,11-12H,1,3-5H2,2H3,(H,10,13). The fraction of sp³-hybridized carbons (Fsp3) is 0.774. The maximum Gasteiger partial charge on any atom is 0.333 e.